The van der Waals surface area contributed by atoms with Gasteiger partial charge < -0.3 is 34.6 Å². The van der Waals surface area contributed by atoms with E-state index in [4.69, 9.17) is 14.2 Å². The number of nitrogens with zero attached hydrogens (tertiary/aromatic N) is 1. The van der Waals surface area contributed by atoms with Crippen LogP contribution in [0.5, 0.6) is 0 Å². The topological polar surface area (TPSA) is 144 Å². The Morgan fingerprint density at radius 1 is 1.07 bits per heavy atom. The number of hydrogen-bond donors (Lipinski definition) is 3. The van der Waals surface area contributed by atoms with Gasteiger partial charge in [0.1, 0.15) is 35.1 Å². The number of halogens is 2. The van der Waals surface area contributed by atoms with Gasteiger partial charge in [0, 0.05) is 18.7 Å². The Balaban J connectivity index is 1.35. The summed E-state index contributed by atoms with van der Waals surface area (Å²) in [5.74, 6) is -3.43. The number of ether oxygens (including phenoxy) is 3. The zero-order chi connectivity index (χ0) is 30.6. The second-order valence-corrected chi connectivity index (χ2v) is 14.4. The van der Waals surface area contributed by atoms with Crippen molar-refractivity contribution in [2.45, 2.75) is 87.4 Å². The van der Waals surface area contributed by atoms with Gasteiger partial charge in [0.05, 0.1) is 26.0 Å². The first-order valence-corrected chi connectivity index (χ1v) is 17.0. The van der Waals surface area contributed by atoms with Crippen LogP contribution in [0, 0.1) is 17.6 Å². The van der Waals surface area contributed by atoms with Crippen molar-refractivity contribution in [3.63, 3.8) is 0 Å². The Hall–Kier alpha value is -2.60. The Bertz CT molecular complexity index is 1230. The first-order chi connectivity index (χ1) is 20.6. The number of hydrogen-bond acceptors (Lipinski definition) is 7. The molecule has 43 heavy (non-hydrogen) atoms. The van der Waals surface area contributed by atoms with Gasteiger partial charge in [0.15, 0.2) is 0 Å². The predicted octanol–water partition coefficient (Wildman–Crippen LogP) is 3.42. The van der Waals surface area contributed by atoms with Crippen LogP contribution in [-0.2, 0) is 34.5 Å². The van der Waals surface area contributed by atoms with Crippen LogP contribution in [0.1, 0.15) is 63.4 Å². The van der Waals surface area contributed by atoms with Gasteiger partial charge in [-0.25, -0.2) is 13.6 Å². The molecule has 4 aliphatic rings. The fraction of sp³-hybridized carbons (Fsp3) is 0.690. The molecule has 3 amide bonds. The van der Waals surface area contributed by atoms with Crippen LogP contribution in [0.15, 0.2) is 18.2 Å². The van der Waals surface area contributed by atoms with Gasteiger partial charge in [-0.05, 0) is 75.8 Å². The summed E-state index contributed by atoms with van der Waals surface area (Å²) in [6, 6.07) is 1.15. The molecule has 14 heteroatoms. The third-order valence-corrected chi connectivity index (χ3v) is 11.6. The average molecular weight is 628 g/mol. The van der Waals surface area contributed by atoms with Gasteiger partial charge in [0.2, 0.25) is 19.2 Å². The molecule has 2 aliphatic heterocycles. The van der Waals surface area contributed by atoms with Gasteiger partial charge in [-0.15, -0.1) is 0 Å². The number of amides is 3. The van der Waals surface area contributed by atoms with Crippen molar-refractivity contribution in [3.05, 3.63) is 35.4 Å². The molecule has 0 spiro atoms. The van der Waals surface area contributed by atoms with E-state index in [1.165, 1.54) is 11.0 Å². The van der Waals surface area contributed by atoms with E-state index in [1.54, 1.807) is 0 Å². The summed E-state index contributed by atoms with van der Waals surface area (Å²) in [7, 11) is -4.41. The van der Waals surface area contributed by atoms with Gasteiger partial charge >= 0.3 is 6.09 Å². The lowest BCUT2D eigenvalue weighted by atomic mass is 10.1. The van der Waals surface area contributed by atoms with Crippen molar-refractivity contribution in [1.82, 2.24) is 15.5 Å². The van der Waals surface area contributed by atoms with Gasteiger partial charge in [-0.2, -0.15) is 0 Å². The average Bonchev–Trinajstić information content (AvgIpc) is 3.30. The molecule has 238 valence electrons. The van der Waals surface area contributed by atoms with Crippen LogP contribution >= 0.6 is 7.37 Å². The molecule has 0 bridgehead atoms. The zero-order valence-electron chi connectivity index (χ0n) is 24.1. The minimum absolute atomic E-state index is 0.154. The largest absolute Gasteiger partial charge is 0.446 e. The number of alkyl carbamates (subject to hydrolysis) is 1. The second kappa shape index (κ2) is 13.6. The van der Waals surface area contributed by atoms with E-state index in [1.807, 2.05) is 0 Å². The summed E-state index contributed by atoms with van der Waals surface area (Å²) < 4.78 is 59.6. The smallest absolute Gasteiger partial charge is 0.408 e. The molecule has 0 radical (unpaired) electrons. The quantitative estimate of drug-likeness (QED) is 0.422. The molecule has 0 aromatic heterocycles. The maximum Gasteiger partial charge on any atom is 0.408 e. The van der Waals surface area contributed by atoms with E-state index in [2.05, 4.69) is 10.6 Å². The van der Waals surface area contributed by atoms with Crippen molar-refractivity contribution in [2.24, 2.45) is 5.92 Å². The number of carbonyl (C=O) groups is 3. The van der Waals surface area contributed by atoms with Gasteiger partial charge in [-0.1, -0.05) is 6.07 Å². The van der Waals surface area contributed by atoms with Crippen molar-refractivity contribution >= 4 is 25.3 Å². The summed E-state index contributed by atoms with van der Waals surface area (Å²) in [5.41, 5.74) is -0.505. The molecule has 4 fully saturated rings. The molecule has 2 saturated carbocycles. The van der Waals surface area contributed by atoms with Crippen LogP contribution in [0.2, 0.25) is 0 Å². The third kappa shape index (κ3) is 7.21. The predicted molar refractivity (Wildman–Crippen MR) is 150 cm³/mol. The minimum Gasteiger partial charge on any atom is -0.446 e. The summed E-state index contributed by atoms with van der Waals surface area (Å²) in [5, 5.41) is 3.79. The van der Waals surface area contributed by atoms with Crippen LogP contribution in [0.25, 0.3) is 0 Å². The minimum atomic E-state index is -4.41. The number of rotatable bonds is 5. The molecule has 11 nitrogen and oxygen atoms in total. The maximum absolute atomic E-state index is 14.5. The van der Waals surface area contributed by atoms with Crippen LogP contribution in [0.3, 0.4) is 0 Å². The Labute approximate surface area is 249 Å². The Morgan fingerprint density at radius 3 is 2.53 bits per heavy atom. The molecule has 2 aliphatic carbocycles. The molecule has 3 N–H and O–H groups in total. The van der Waals surface area contributed by atoms with Crippen LogP contribution < -0.4 is 10.6 Å². The molecule has 5 atom stereocenters. The number of nitrogens with one attached hydrogen (secondary N) is 2. The van der Waals surface area contributed by atoms with E-state index in [9.17, 15) is 32.6 Å². The van der Waals surface area contributed by atoms with Crippen molar-refractivity contribution in [1.29, 1.82) is 0 Å². The van der Waals surface area contributed by atoms with Crippen molar-refractivity contribution < 1.29 is 46.8 Å². The van der Waals surface area contributed by atoms with E-state index in [0.29, 0.717) is 32.3 Å². The molecule has 2 saturated heterocycles. The highest BCUT2D eigenvalue weighted by Crippen LogP contribution is 2.71. The fourth-order valence-corrected chi connectivity index (χ4v) is 9.03. The number of fused-ring (bicyclic) bond motifs is 2. The highest BCUT2D eigenvalue weighted by Gasteiger charge is 2.66. The molecule has 1 unspecified atom stereocenters. The van der Waals surface area contributed by atoms with Crippen LogP contribution in [0.4, 0.5) is 13.6 Å². The normalized spacial score (nSPS) is 30.6. The lowest BCUT2D eigenvalue weighted by Crippen LogP contribution is -2.56. The first kappa shape index (κ1) is 31.8. The SMILES string of the molecule is O=C(N[C@H]1COCCOCCC[C@@H]2C[C@@]2(P(=O)(O)Cc2c(F)cccc2F)NC(=O)[C@@H]2CCCN2C1=O)OC1CCCC1. The molecular formula is C29H40F2N3O8P. The first-order valence-electron chi connectivity index (χ1n) is 15.1. The summed E-state index contributed by atoms with van der Waals surface area (Å²) in [4.78, 5) is 52.7. The fourth-order valence-electron chi connectivity index (χ4n) is 6.53. The number of benzene rings is 1. The summed E-state index contributed by atoms with van der Waals surface area (Å²) in [6.45, 7) is 0.812. The summed E-state index contributed by atoms with van der Waals surface area (Å²) in [6.07, 6.45) is 3.67. The molecular weight excluding hydrogens is 587 g/mol. The lowest BCUT2D eigenvalue weighted by Gasteiger charge is -2.32. The maximum atomic E-state index is 14.5. The molecule has 5 rings (SSSR count). The number of carbonyl (C=O) groups excluding carboxylic acids is 3. The highest BCUT2D eigenvalue weighted by atomic mass is 31.2. The second-order valence-electron chi connectivity index (χ2n) is 11.9. The van der Waals surface area contributed by atoms with E-state index in [-0.39, 0.29) is 38.9 Å². The van der Waals surface area contributed by atoms with E-state index in [0.717, 1.165) is 37.8 Å². The zero-order valence-corrected chi connectivity index (χ0v) is 25.0. The molecule has 1 aromatic carbocycles. The van der Waals surface area contributed by atoms with Gasteiger partial charge in [0.25, 0.3) is 0 Å². The summed E-state index contributed by atoms with van der Waals surface area (Å²) >= 11 is 0. The molecule has 1 aromatic rings. The van der Waals surface area contributed by atoms with Crippen molar-refractivity contribution in [2.75, 3.05) is 33.0 Å². The lowest BCUT2D eigenvalue weighted by molar-refractivity contribution is -0.141. The van der Waals surface area contributed by atoms with Gasteiger partial charge in [-0.3, -0.25) is 14.2 Å². The van der Waals surface area contributed by atoms with Crippen LogP contribution in [-0.4, -0.2) is 84.1 Å². The standard InChI is InChI=1S/C29H40F2N3O8P/c30-22-9-3-10-23(31)21(22)18-43(38,39)29-16-19(29)6-5-13-40-14-15-41-17-24(32-28(37)42-20-7-1-2-8-20)27(36)34-12-4-11-25(34)26(35)33-29/h3,9-10,19-20,24-25H,1-2,4-8,11-18H2,(H,32,37)(H,33,35)(H,38,39)/t19-,24+,25+,29+/m1/s1. The Morgan fingerprint density at radius 2 is 1.79 bits per heavy atom. The van der Waals surface area contributed by atoms with Crippen molar-refractivity contribution in [3.8, 4) is 0 Å². The third-order valence-electron chi connectivity index (χ3n) is 8.97. The van der Waals surface area contributed by atoms with E-state index < -0.39 is 71.9 Å². The van der Waals surface area contributed by atoms with E-state index >= 15 is 0 Å². The molecule has 2 heterocycles. The highest BCUT2D eigenvalue weighted by molar-refractivity contribution is 7.59. The Kier molecular flexibility index (Phi) is 10.0. The monoisotopic (exact) mass is 627 g/mol.